The first-order valence-corrected chi connectivity index (χ1v) is 19.3. The molecule has 0 spiro atoms. The summed E-state index contributed by atoms with van der Waals surface area (Å²) in [6.45, 7) is 4.77. The molecule has 4 rings (SSSR count). The number of anilines is 1. The molecule has 0 radical (unpaired) electrons. The van der Waals surface area contributed by atoms with E-state index in [-0.39, 0.29) is 48.8 Å². The van der Waals surface area contributed by atoms with Crippen molar-refractivity contribution >= 4 is 37.8 Å². The van der Waals surface area contributed by atoms with E-state index in [1.54, 1.807) is 46.2 Å². The normalized spacial score (nSPS) is 15.5. The maximum absolute atomic E-state index is 14.4. The van der Waals surface area contributed by atoms with Crippen LogP contribution in [0.5, 0.6) is 0 Å². The summed E-state index contributed by atoms with van der Waals surface area (Å²) in [4.78, 5) is 64.2. The summed E-state index contributed by atoms with van der Waals surface area (Å²) in [5.74, 6) is -0.928. The number of aryl methyl sites for hydroxylation is 1. The lowest BCUT2D eigenvalue weighted by molar-refractivity contribution is -0.180. The van der Waals surface area contributed by atoms with Gasteiger partial charge in [0, 0.05) is 30.8 Å². The van der Waals surface area contributed by atoms with Crippen LogP contribution >= 0.6 is 8.46 Å². The van der Waals surface area contributed by atoms with Gasteiger partial charge in [0.05, 0.1) is 21.9 Å². The number of nitrogens with one attached hydrogen (secondary N) is 1. The summed E-state index contributed by atoms with van der Waals surface area (Å²) in [5, 5.41) is 4.37. The minimum Gasteiger partial charge on any atom is -0.328 e. The van der Waals surface area contributed by atoms with E-state index >= 15 is 0 Å². The number of hydroxylamine groups is 2. The van der Waals surface area contributed by atoms with Gasteiger partial charge in [-0.2, -0.15) is 0 Å². The van der Waals surface area contributed by atoms with E-state index in [9.17, 15) is 23.7 Å². The van der Waals surface area contributed by atoms with Gasteiger partial charge in [-0.1, -0.05) is 80.6 Å². The Bertz CT molecular complexity index is 1580. The highest BCUT2D eigenvalue weighted by Gasteiger charge is 2.46. The number of para-hydroxylation sites is 1. The van der Waals surface area contributed by atoms with E-state index in [4.69, 9.17) is 4.84 Å². The third-order valence-corrected chi connectivity index (χ3v) is 9.98. The van der Waals surface area contributed by atoms with Crippen LogP contribution in [-0.2, 0) is 30.2 Å². The molecule has 3 aromatic rings. The molecule has 1 aliphatic heterocycles. The maximum Gasteiger partial charge on any atom is 0.268 e. The monoisotopic (exact) mass is 716 g/mol. The van der Waals surface area contributed by atoms with Crippen molar-refractivity contribution < 1.29 is 28.6 Å². The van der Waals surface area contributed by atoms with Gasteiger partial charge in [-0.3, -0.25) is 24.0 Å². The molecule has 0 bridgehead atoms. The quantitative estimate of drug-likeness (QED) is 0.0826. The van der Waals surface area contributed by atoms with Crippen molar-refractivity contribution in [2.45, 2.75) is 83.2 Å². The van der Waals surface area contributed by atoms with E-state index in [0.29, 0.717) is 62.7 Å². The van der Waals surface area contributed by atoms with Crippen molar-refractivity contribution in [3.05, 3.63) is 102 Å². The maximum atomic E-state index is 14.4. The molecule has 51 heavy (non-hydrogen) atoms. The number of unbranched alkanes of at least 4 members (excludes halogenated alkanes) is 1. The Morgan fingerprint density at radius 3 is 2.20 bits per heavy atom. The first-order valence-electron chi connectivity index (χ1n) is 18.1. The minimum absolute atomic E-state index is 0.00522. The first-order chi connectivity index (χ1) is 24.7. The van der Waals surface area contributed by atoms with Crippen LogP contribution in [0, 0.1) is 5.92 Å². The van der Waals surface area contributed by atoms with Crippen LogP contribution in [0.3, 0.4) is 0 Å². The van der Waals surface area contributed by atoms with Gasteiger partial charge >= 0.3 is 0 Å². The molecule has 1 heterocycles. The molecule has 1 N–H and O–H groups in total. The number of carbonyl (C=O) groups excluding carboxylic acids is 4. The lowest BCUT2D eigenvalue weighted by Crippen LogP contribution is -2.59. The van der Waals surface area contributed by atoms with Crippen molar-refractivity contribution in [3.8, 4) is 0 Å². The van der Waals surface area contributed by atoms with Crippen molar-refractivity contribution in [2.24, 2.45) is 5.92 Å². The van der Waals surface area contributed by atoms with Crippen LogP contribution in [-0.4, -0.2) is 76.6 Å². The minimum atomic E-state index is -1.35. The second-order valence-electron chi connectivity index (χ2n) is 13.6. The van der Waals surface area contributed by atoms with Gasteiger partial charge in [-0.25, -0.2) is 5.06 Å². The van der Waals surface area contributed by atoms with Crippen molar-refractivity contribution in [1.82, 2.24) is 14.9 Å². The molecule has 3 atom stereocenters. The topological polar surface area (TPSA) is 116 Å². The summed E-state index contributed by atoms with van der Waals surface area (Å²) in [6, 6.07) is 27.4. The van der Waals surface area contributed by atoms with Crippen LogP contribution in [0.25, 0.3) is 0 Å². The Hall–Kier alpha value is -4.27. The van der Waals surface area contributed by atoms with Gasteiger partial charge in [0.15, 0.2) is 0 Å². The van der Waals surface area contributed by atoms with Crippen molar-refractivity contribution in [2.75, 3.05) is 31.8 Å². The summed E-state index contributed by atoms with van der Waals surface area (Å²) < 4.78 is 12.3. The molecule has 1 unspecified atom stereocenters. The third kappa shape index (κ3) is 10.9. The number of hydrogen-bond donors (Lipinski definition) is 1. The number of benzene rings is 3. The average molecular weight is 717 g/mol. The molecule has 1 saturated heterocycles. The summed E-state index contributed by atoms with van der Waals surface area (Å²) in [7, 11) is 0.0951. The van der Waals surface area contributed by atoms with Gasteiger partial charge in [0.25, 0.3) is 11.8 Å². The van der Waals surface area contributed by atoms with Gasteiger partial charge in [-0.05, 0) is 87.1 Å². The molecule has 4 amide bonds. The Labute approximate surface area is 303 Å². The zero-order valence-corrected chi connectivity index (χ0v) is 31.3. The zero-order valence-electron chi connectivity index (χ0n) is 30.2. The van der Waals surface area contributed by atoms with Crippen LogP contribution in [0.1, 0.15) is 81.1 Å². The number of nitrogens with zero attached hydrogens (tertiary/aromatic N) is 3. The van der Waals surface area contributed by atoms with E-state index in [1.165, 1.54) is 12.2 Å². The molecular formula is C40H53N4O6P. The Morgan fingerprint density at radius 1 is 0.922 bits per heavy atom. The Balaban J connectivity index is 1.51. The van der Waals surface area contributed by atoms with E-state index in [1.807, 2.05) is 68.4 Å². The van der Waals surface area contributed by atoms with Gasteiger partial charge in [0.1, 0.15) is 11.6 Å². The molecule has 1 fully saturated rings. The predicted octanol–water partition coefficient (Wildman–Crippen LogP) is 6.84. The lowest BCUT2D eigenvalue weighted by atomic mass is 9.81. The molecule has 3 aromatic carbocycles. The molecule has 11 heteroatoms. The Kier molecular flexibility index (Phi) is 15.5. The highest BCUT2D eigenvalue weighted by atomic mass is 31.1. The molecule has 0 saturated carbocycles. The second kappa shape index (κ2) is 19.9. The largest absolute Gasteiger partial charge is 0.328 e. The van der Waals surface area contributed by atoms with Crippen LogP contribution in [0.4, 0.5) is 5.69 Å². The van der Waals surface area contributed by atoms with Crippen LogP contribution in [0.15, 0.2) is 91.0 Å². The highest BCUT2D eigenvalue weighted by molar-refractivity contribution is 7.23. The predicted molar refractivity (Wildman–Crippen MR) is 202 cm³/mol. The molecule has 10 nitrogen and oxygen atoms in total. The fourth-order valence-electron chi connectivity index (χ4n) is 7.08. The molecule has 1 aliphatic rings. The van der Waals surface area contributed by atoms with Crippen molar-refractivity contribution in [3.63, 3.8) is 0 Å². The number of likely N-dealkylation sites (tertiary alicyclic amines) is 1. The third-order valence-electron chi connectivity index (χ3n) is 9.46. The first kappa shape index (κ1) is 39.5. The summed E-state index contributed by atoms with van der Waals surface area (Å²) in [5.41, 5.74) is 1.01. The number of amides is 4. The SMILES string of the molecule is CON(CCCC[C@](CC(C)C)(C(=O)Nc1ccccc1)N(C[PH2]=O)C(=O)CCCc1ccccc1)C(=O)[C@@H]1CCCN1C(=O)c1ccccc1. The average Bonchev–Trinajstić information content (AvgIpc) is 3.64. The fraction of sp³-hybridized carbons (Fsp3) is 0.450. The van der Waals surface area contributed by atoms with E-state index in [0.717, 1.165) is 12.0 Å². The van der Waals surface area contributed by atoms with Gasteiger partial charge in [0.2, 0.25) is 11.8 Å². The zero-order chi connectivity index (χ0) is 36.6. The molecule has 0 aliphatic carbocycles. The Morgan fingerprint density at radius 2 is 1.57 bits per heavy atom. The molecular weight excluding hydrogens is 663 g/mol. The second-order valence-corrected chi connectivity index (χ2v) is 14.3. The van der Waals surface area contributed by atoms with Crippen LogP contribution in [0.2, 0.25) is 0 Å². The standard InChI is InChI=1S/C40H53N4O6P/c1-31(2)29-40(39(48)41-34-22-11-6-12-23-34,43(30-51-49)36(45)25-15-19-32-17-7-4-8-18-32)26-13-14-28-44(50-3)38(47)35-24-16-27-42(35)37(46)33-20-9-5-10-21-33/h4-12,17-18,20-23,31,35H,13-16,19,24-30,51H2,1-3H3,(H,41,48)/t35-,40-/m0/s1. The number of hydrogen-bond acceptors (Lipinski definition) is 6. The summed E-state index contributed by atoms with van der Waals surface area (Å²) >= 11 is 0. The van der Waals surface area contributed by atoms with Crippen molar-refractivity contribution in [1.29, 1.82) is 0 Å². The van der Waals surface area contributed by atoms with Gasteiger partial charge < -0.3 is 19.7 Å². The summed E-state index contributed by atoms with van der Waals surface area (Å²) in [6.07, 6.45) is 4.45. The van der Waals surface area contributed by atoms with E-state index in [2.05, 4.69) is 5.32 Å². The van der Waals surface area contributed by atoms with E-state index < -0.39 is 20.0 Å². The number of carbonyl (C=O) groups is 4. The molecule has 274 valence electrons. The fourth-order valence-corrected chi connectivity index (χ4v) is 7.78. The smallest absolute Gasteiger partial charge is 0.268 e. The highest BCUT2D eigenvalue weighted by Crippen LogP contribution is 2.34. The van der Waals surface area contributed by atoms with Gasteiger partial charge in [-0.15, -0.1) is 0 Å². The lowest BCUT2D eigenvalue weighted by Gasteiger charge is -2.43. The molecule has 0 aromatic heterocycles. The van der Waals surface area contributed by atoms with Crippen LogP contribution < -0.4 is 5.32 Å². The number of rotatable bonds is 19.